The van der Waals surface area contributed by atoms with Crippen LogP contribution >= 0.6 is 0 Å². The normalized spacial score (nSPS) is 10.8. The van der Waals surface area contributed by atoms with Crippen molar-refractivity contribution in [3.63, 3.8) is 0 Å². The van der Waals surface area contributed by atoms with Gasteiger partial charge in [0.25, 0.3) is 0 Å². The van der Waals surface area contributed by atoms with Gasteiger partial charge in [0.05, 0.1) is 13.0 Å². The summed E-state index contributed by atoms with van der Waals surface area (Å²) in [6, 6.07) is 8.23. The van der Waals surface area contributed by atoms with E-state index in [2.05, 4.69) is 17.0 Å². The van der Waals surface area contributed by atoms with Crippen LogP contribution in [0.5, 0.6) is 0 Å². The summed E-state index contributed by atoms with van der Waals surface area (Å²) < 4.78 is 5.06. The molecule has 0 saturated carbocycles. The fourth-order valence-electron chi connectivity index (χ4n) is 1.77. The van der Waals surface area contributed by atoms with Gasteiger partial charge in [-0.05, 0) is 17.7 Å². The first-order valence-electron chi connectivity index (χ1n) is 6.16. The van der Waals surface area contributed by atoms with Crippen molar-refractivity contribution >= 4 is 5.97 Å². The summed E-state index contributed by atoms with van der Waals surface area (Å²) in [5, 5.41) is 8.68. The van der Waals surface area contributed by atoms with Crippen LogP contribution in [-0.2, 0) is 22.7 Å². The Kier molecular flexibility index (Phi) is 6.39. The molecule has 0 unspecified atom stereocenters. The van der Waals surface area contributed by atoms with Crippen molar-refractivity contribution in [2.45, 2.75) is 26.5 Å². The van der Waals surface area contributed by atoms with Gasteiger partial charge in [-0.15, -0.1) is 0 Å². The van der Waals surface area contributed by atoms with Crippen LogP contribution in [0, 0.1) is 0 Å². The summed E-state index contributed by atoms with van der Waals surface area (Å²) in [4.78, 5) is 12.7. The molecule has 1 aromatic carbocycles. The van der Waals surface area contributed by atoms with Crippen LogP contribution in [0.25, 0.3) is 0 Å². The maximum atomic E-state index is 10.5. The zero-order valence-corrected chi connectivity index (χ0v) is 11.1. The molecule has 4 heteroatoms. The molecule has 0 spiro atoms. The van der Waals surface area contributed by atoms with Gasteiger partial charge in [-0.25, -0.2) is 0 Å². The van der Waals surface area contributed by atoms with Crippen LogP contribution in [0.2, 0.25) is 0 Å². The molecule has 100 valence electrons. The highest BCUT2D eigenvalue weighted by Crippen LogP contribution is 2.08. The van der Waals surface area contributed by atoms with E-state index in [9.17, 15) is 4.79 Å². The van der Waals surface area contributed by atoms with Crippen molar-refractivity contribution in [3.8, 4) is 0 Å². The number of hydrogen-bond acceptors (Lipinski definition) is 3. The van der Waals surface area contributed by atoms with Gasteiger partial charge in [-0.2, -0.15) is 0 Å². The minimum Gasteiger partial charge on any atom is -0.481 e. The minimum absolute atomic E-state index is 0.190. The van der Waals surface area contributed by atoms with Crippen LogP contribution in [0.15, 0.2) is 24.3 Å². The Balaban J connectivity index is 2.50. The smallest absolute Gasteiger partial charge is 0.304 e. The number of carboxylic acids is 1. The van der Waals surface area contributed by atoms with Gasteiger partial charge >= 0.3 is 5.97 Å². The number of ether oxygens (including phenoxy) is 1. The van der Waals surface area contributed by atoms with E-state index >= 15 is 0 Å². The van der Waals surface area contributed by atoms with Crippen molar-refractivity contribution in [1.29, 1.82) is 0 Å². The second-order valence-corrected chi connectivity index (χ2v) is 4.26. The zero-order valence-electron chi connectivity index (χ0n) is 11.1. The Bertz CT molecular complexity index is 362. The maximum absolute atomic E-state index is 10.5. The lowest BCUT2D eigenvalue weighted by Crippen LogP contribution is -2.25. The molecule has 0 aromatic heterocycles. The lowest BCUT2D eigenvalue weighted by atomic mass is 10.1. The number of carbonyl (C=O) groups is 1. The average molecular weight is 251 g/mol. The summed E-state index contributed by atoms with van der Waals surface area (Å²) in [5.41, 5.74) is 2.34. The van der Waals surface area contributed by atoms with Gasteiger partial charge in [0.15, 0.2) is 0 Å². The van der Waals surface area contributed by atoms with E-state index in [1.165, 1.54) is 5.56 Å². The topological polar surface area (TPSA) is 49.8 Å². The van der Waals surface area contributed by atoms with Crippen LogP contribution < -0.4 is 0 Å². The van der Waals surface area contributed by atoms with Crippen LogP contribution in [-0.4, -0.2) is 36.2 Å². The summed E-state index contributed by atoms with van der Waals surface area (Å²) in [6.07, 6.45) is 0.190. The Hall–Kier alpha value is -1.39. The molecule has 18 heavy (non-hydrogen) atoms. The molecule has 0 aliphatic rings. The van der Waals surface area contributed by atoms with Gasteiger partial charge in [0.2, 0.25) is 0 Å². The Morgan fingerprint density at radius 1 is 1.28 bits per heavy atom. The third-order valence-electron chi connectivity index (χ3n) is 2.83. The van der Waals surface area contributed by atoms with Gasteiger partial charge in [-0.3, -0.25) is 9.69 Å². The predicted octanol–water partition coefficient (Wildman–Crippen LogP) is 2.13. The molecule has 0 saturated heterocycles. The third kappa shape index (κ3) is 5.29. The fraction of sp³-hybridized carbons (Fsp3) is 0.500. The van der Waals surface area contributed by atoms with E-state index in [4.69, 9.17) is 9.84 Å². The Morgan fingerprint density at radius 2 is 1.89 bits per heavy atom. The molecular weight excluding hydrogens is 230 g/mol. The first-order chi connectivity index (χ1) is 8.65. The molecular formula is C14H21NO3. The van der Waals surface area contributed by atoms with E-state index in [-0.39, 0.29) is 6.42 Å². The Labute approximate surface area is 108 Å². The lowest BCUT2D eigenvalue weighted by molar-refractivity contribution is -0.137. The fourth-order valence-corrected chi connectivity index (χ4v) is 1.77. The molecule has 0 radical (unpaired) electrons. The van der Waals surface area contributed by atoms with E-state index < -0.39 is 5.97 Å². The molecule has 0 aliphatic carbocycles. The quantitative estimate of drug-likeness (QED) is 0.769. The van der Waals surface area contributed by atoms with Crippen molar-refractivity contribution in [3.05, 3.63) is 35.4 Å². The van der Waals surface area contributed by atoms with Crippen molar-refractivity contribution in [1.82, 2.24) is 4.90 Å². The zero-order chi connectivity index (χ0) is 13.4. The van der Waals surface area contributed by atoms with Gasteiger partial charge < -0.3 is 9.84 Å². The molecule has 0 fully saturated rings. The standard InChI is InChI=1S/C14H21NO3/c1-3-15(9-8-14(16)17)10-12-4-6-13(7-5-12)11-18-2/h4-7H,3,8-11H2,1-2H3,(H,16,17). The van der Waals surface area contributed by atoms with Gasteiger partial charge in [-0.1, -0.05) is 31.2 Å². The molecule has 4 nitrogen and oxygen atoms in total. The Morgan fingerprint density at radius 3 is 2.39 bits per heavy atom. The number of methoxy groups -OCH3 is 1. The molecule has 0 heterocycles. The number of aliphatic carboxylic acids is 1. The molecule has 0 atom stereocenters. The molecule has 1 rings (SSSR count). The molecule has 0 aliphatic heterocycles. The minimum atomic E-state index is -0.746. The number of nitrogens with zero attached hydrogens (tertiary/aromatic N) is 1. The van der Waals surface area contributed by atoms with Crippen LogP contribution in [0.4, 0.5) is 0 Å². The number of hydrogen-bond donors (Lipinski definition) is 1. The first kappa shape index (κ1) is 14.7. The van der Waals surface area contributed by atoms with Crippen LogP contribution in [0.1, 0.15) is 24.5 Å². The van der Waals surface area contributed by atoms with Gasteiger partial charge in [0.1, 0.15) is 0 Å². The van der Waals surface area contributed by atoms with Crippen molar-refractivity contribution in [2.75, 3.05) is 20.2 Å². The van der Waals surface area contributed by atoms with E-state index in [1.807, 2.05) is 19.1 Å². The molecule has 0 amide bonds. The second-order valence-electron chi connectivity index (χ2n) is 4.26. The predicted molar refractivity (Wildman–Crippen MR) is 70.4 cm³/mol. The van der Waals surface area contributed by atoms with E-state index in [1.54, 1.807) is 7.11 Å². The molecule has 1 aromatic rings. The number of benzene rings is 1. The summed E-state index contributed by atoms with van der Waals surface area (Å²) in [5.74, 6) is -0.746. The highest BCUT2D eigenvalue weighted by molar-refractivity contribution is 5.66. The second kappa shape index (κ2) is 7.84. The van der Waals surface area contributed by atoms with Crippen molar-refractivity contribution in [2.24, 2.45) is 0 Å². The first-order valence-corrected chi connectivity index (χ1v) is 6.16. The average Bonchev–Trinajstić information content (AvgIpc) is 2.36. The van der Waals surface area contributed by atoms with Crippen molar-refractivity contribution < 1.29 is 14.6 Å². The lowest BCUT2D eigenvalue weighted by Gasteiger charge is -2.19. The monoisotopic (exact) mass is 251 g/mol. The third-order valence-corrected chi connectivity index (χ3v) is 2.83. The maximum Gasteiger partial charge on any atom is 0.304 e. The summed E-state index contributed by atoms with van der Waals surface area (Å²) >= 11 is 0. The molecule has 1 N–H and O–H groups in total. The largest absolute Gasteiger partial charge is 0.481 e. The summed E-state index contributed by atoms with van der Waals surface area (Å²) in [6.45, 7) is 4.90. The highest BCUT2D eigenvalue weighted by atomic mass is 16.5. The highest BCUT2D eigenvalue weighted by Gasteiger charge is 2.06. The SMILES string of the molecule is CCN(CCC(=O)O)Cc1ccc(COC)cc1. The van der Waals surface area contributed by atoms with Gasteiger partial charge in [0, 0.05) is 20.2 Å². The number of carboxylic acid groups (broad SMARTS) is 1. The number of rotatable bonds is 8. The van der Waals surface area contributed by atoms with Crippen LogP contribution in [0.3, 0.4) is 0 Å². The molecule has 0 bridgehead atoms. The van der Waals surface area contributed by atoms with E-state index in [0.29, 0.717) is 13.2 Å². The summed E-state index contributed by atoms with van der Waals surface area (Å²) in [7, 11) is 1.68. The van der Waals surface area contributed by atoms with E-state index in [0.717, 1.165) is 18.7 Å².